The maximum Gasteiger partial charge on any atom is 0.196 e. The van der Waals surface area contributed by atoms with Crippen molar-refractivity contribution < 1.29 is 4.79 Å². The predicted molar refractivity (Wildman–Crippen MR) is 65.1 cm³/mol. The van der Waals surface area contributed by atoms with Gasteiger partial charge < -0.3 is 5.32 Å². The Morgan fingerprint density at radius 1 is 1.62 bits per heavy atom. The number of carbonyl (C=O) groups excluding carboxylic acids is 1. The topological polar surface area (TPSA) is 46.9 Å². The Kier molecular flexibility index (Phi) is 4.96. The average molecular weight is 244 g/mol. The molecule has 0 unspecified atom stereocenters. The molecule has 1 heterocycles. The number of halogens is 1. The van der Waals surface area contributed by atoms with Crippen LogP contribution in [-0.4, -0.2) is 28.7 Å². The molecular weight excluding hydrogens is 226 g/mol. The Labute approximate surface area is 101 Å². The molecule has 0 aliphatic heterocycles. The number of carbonyl (C=O) groups is 1. The summed E-state index contributed by atoms with van der Waals surface area (Å²) in [4.78, 5) is 11.9. The minimum absolute atomic E-state index is 0.00958. The highest BCUT2D eigenvalue weighted by Gasteiger charge is 2.18. The summed E-state index contributed by atoms with van der Waals surface area (Å²) in [6.07, 6.45) is 2.53. The van der Waals surface area contributed by atoms with Crippen LogP contribution < -0.4 is 5.32 Å². The molecule has 0 fully saturated rings. The van der Waals surface area contributed by atoms with Crippen molar-refractivity contribution in [3.05, 3.63) is 16.9 Å². The molecule has 1 aromatic rings. The van der Waals surface area contributed by atoms with Crippen LogP contribution in [0.2, 0.25) is 5.02 Å². The largest absolute Gasteiger partial charge is 0.310 e. The summed E-state index contributed by atoms with van der Waals surface area (Å²) in [5.74, 6) is -0.00958. The number of Topliss-reactive ketones (excluding diaryl/α,β-unsaturated/α-hetero) is 1. The number of rotatable bonds is 6. The van der Waals surface area contributed by atoms with Crippen molar-refractivity contribution in [2.45, 2.75) is 33.2 Å². The standard InChI is InChI=1S/C11H18ClN3O/c1-4-5-13-7-10(16)11-9(12)6-14-15(11)8(2)3/h6,8,13H,4-5,7H2,1-3H3. The molecule has 0 atom stereocenters. The number of hydrogen-bond donors (Lipinski definition) is 1. The molecule has 1 rings (SSSR count). The third-order valence-corrected chi connectivity index (χ3v) is 2.49. The van der Waals surface area contributed by atoms with E-state index in [9.17, 15) is 4.79 Å². The summed E-state index contributed by atoms with van der Waals surface area (Å²) in [5.41, 5.74) is 0.500. The van der Waals surface area contributed by atoms with Crippen LogP contribution in [0.5, 0.6) is 0 Å². The highest BCUT2D eigenvalue weighted by molar-refractivity contribution is 6.33. The highest BCUT2D eigenvalue weighted by atomic mass is 35.5. The van der Waals surface area contributed by atoms with Gasteiger partial charge in [-0.15, -0.1) is 0 Å². The van der Waals surface area contributed by atoms with Gasteiger partial charge in [0.2, 0.25) is 0 Å². The normalized spacial score (nSPS) is 11.1. The Balaban J connectivity index is 2.77. The smallest absolute Gasteiger partial charge is 0.196 e. The second kappa shape index (κ2) is 6.01. The molecule has 0 saturated heterocycles. The molecule has 5 heteroatoms. The molecule has 1 aromatic heterocycles. The van der Waals surface area contributed by atoms with Gasteiger partial charge in [0.1, 0.15) is 5.69 Å². The molecule has 1 N–H and O–H groups in total. The van der Waals surface area contributed by atoms with E-state index in [0.29, 0.717) is 17.3 Å². The minimum Gasteiger partial charge on any atom is -0.310 e. The minimum atomic E-state index is -0.00958. The Morgan fingerprint density at radius 2 is 2.31 bits per heavy atom. The first kappa shape index (κ1) is 13.2. The quantitative estimate of drug-likeness (QED) is 0.616. The fraction of sp³-hybridized carbons (Fsp3) is 0.636. The molecule has 4 nitrogen and oxygen atoms in total. The van der Waals surface area contributed by atoms with Crippen LogP contribution >= 0.6 is 11.6 Å². The zero-order valence-electron chi connectivity index (χ0n) is 9.96. The number of nitrogens with zero attached hydrogens (tertiary/aromatic N) is 2. The van der Waals surface area contributed by atoms with Crippen molar-refractivity contribution in [3.8, 4) is 0 Å². The fourth-order valence-corrected chi connectivity index (χ4v) is 1.69. The average Bonchev–Trinajstić information content (AvgIpc) is 2.60. The second-order valence-corrected chi connectivity index (χ2v) is 4.39. The first-order valence-corrected chi connectivity index (χ1v) is 5.92. The summed E-state index contributed by atoms with van der Waals surface area (Å²) >= 11 is 5.96. The van der Waals surface area contributed by atoms with E-state index in [4.69, 9.17) is 11.6 Å². The third-order valence-electron chi connectivity index (χ3n) is 2.22. The summed E-state index contributed by atoms with van der Waals surface area (Å²) in [6.45, 7) is 7.15. The Hall–Kier alpha value is -0.870. The van der Waals surface area contributed by atoms with Crippen LogP contribution in [0.1, 0.15) is 43.7 Å². The summed E-state index contributed by atoms with van der Waals surface area (Å²) in [5, 5.41) is 7.60. The molecule has 0 spiro atoms. The van der Waals surface area contributed by atoms with E-state index >= 15 is 0 Å². The lowest BCUT2D eigenvalue weighted by atomic mass is 10.2. The lowest BCUT2D eigenvalue weighted by Gasteiger charge is -2.10. The van der Waals surface area contributed by atoms with Gasteiger partial charge in [-0.2, -0.15) is 5.10 Å². The van der Waals surface area contributed by atoms with Crippen molar-refractivity contribution in [1.29, 1.82) is 0 Å². The first-order chi connectivity index (χ1) is 7.57. The van der Waals surface area contributed by atoms with Gasteiger partial charge in [0, 0.05) is 6.04 Å². The highest BCUT2D eigenvalue weighted by Crippen LogP contribution is 2.19. The van der Waals surface area contributed by atoms with Gasteiger partial charge in [0.25, 0.3) is 0 Å². The summed E-state index contributed by atoms with van der Waals surface area (Å²) in [7, 11) is 0. The first-order valence-electron chi connectivity index (χ1n) is 5.54. The maximum atomic E-state index is 11.9. The van der Waals surface area contributed by atoms with Crippen LogP contribution in [0.4, 0.5) is 0 Å². The number of nitrogens with one attached hydrogen (secondary N) is 1. The van der Waals surface area contributed by atoms with Crippen LogP contribution in [0.25, 0.3) is 0 Å². The van der Waals surface area contributed by atoms with E-state index in [1.54, 1.807) is 4.68 Å². The molecule has 0 aliphatic rings. The lowest BCUT2D eigenvalue weighted by molar-refractivity contribution is 0.0979. The molecule has 0 saturated carbocycles. The zero-order valence-corrected chi connectivity index (χ0v) is 10.7. The van der Waals surface area contributed by atoms with Gasteiger partial charge in [-0.1, -0.05) is 18.5 Å². The zero-order chi connectivity index (χ0) is 12.1. The Bertz CT molecular complexity index is 360. The number of aromatic nitrogens is 2. The molecule has 0 amide bonds. The van der Waals surface area contributed by atoms with Crippen LogP contribution in [-0.2, 0) is 0 Å². The third kappa shape index (κ3) is 3.06. The van der Waals surface area contributed by atoms with Crippen LogP contribution in [0.15, 0.2) is 6.20 Å². The van der Waals surface area contributed by atoms with E-state index in [1.165, 1.54) is 6.20 Å². The molecule has 0 radical (unpaired) electrons. The fourth-order valence-electron chi connectivity index (χ4n) is 1.46. The van der Waals surface area contributed by atoms with Gasteiger partial charge in [-0.05, 0) is 26.8 Å². The van der Waals surface area contributed by atoms with E-state index < -0.39 is 0 Å². The predicted octanol–water partition coefficient (Wildman–Crippen LogP) is 2.30. The summed E-state index contributed by atoms with van der Waals surface area (Å²) in [6, 6.07) is 0.137. The van der Waals surface area contributed by atoms with E-state index in [2.05, 4.69) is 17.3 Å². The van der Waals surface area contributed by atoms with Gasteiger partial charge in [0.05, 0.1) is 17.8 Å². The monoisotopic (exact) mass is 243 g/mol. The second-order valence-electron chi connectivity index (χ2n) is 3.98. The lowest BCUT2D eigenvalue weighted by Crippen LogP contribution is -2.26. The van der Waals surface area contributed by atoms with E-state index in [-0.39, 0.29) is 11.8 Å². The SMILES string of the molecule is CCCNCC(=O)c1c(Cl)cnn1C(C)C. The van der Waals surface area contributed by atoms with Crippen molar-refractivity contribution in [1.82, 2.24) is 15.1 Å². The van der Waals surface area contributed by atoms with Crippen LogP contribution in [0, 0.1) is 0 Å². The molecule has 0 aromatic carbocycles. The number of ketones is 1. The van der Waals surface area contributed by atoms with Gasteiger partial charge in [0.15, 0.2) is 5.78 Å². The molecule has 90 valence electrons. The van der Waals surface area contributed by atoms with Gasteiger partial charge >= 0.3 is 0 Å². The van der Waals surface area contributed by atoms with Gasteiger partial charge in [-0.3, -0.25) is 9.48 Å². The Morgan fingerprint density at radius 3 is 2.88 bits per heavy atom. The van der Waals surface area contributed by atoms with Crippen LogP contribution in [0.3, 0.4) is 0 Å². The van der Waals surface area contributed by atoms with Gasteiger partial charge in [-0.25, -0.2) is 0 Å². The maximum absolute atomic E-state index is 11.9. The molecular formula is C11H18ClN3O. The van der Waals surface area contributed by atoms with Crippen molar-refractivity contribution in [2.24, 2.45) is 0 Å². The van der Waals surface area contributed by atoms with E-state index in [1.807, 2.05) is 13.8 Å². The van der Waals surface area contributed by atoms with Crippen molar-refractivity contribution in [3.63, 3.8) is 0 Å². The number of hydrogen-bond acceptors (Lipinski definition) is 3. The molecule has 16 heavy (non-hydrogen) atoms. The summed E-state index contributed by atoms with van der Waals surface area (Å²) < 4.78 is 1.66. The molecule has 0 bridgehead atoms. The van der Waals surface area contributed by atoms with Crippen molar-refractivity contribution >= 4 is 17.4 Å². The molecule has 0 aliphatic carbocycles. The van der Waals surface area contributed by atoms with E-state index in [0.717, 1.165) is 13.0 Å². The van der Waals surface area contributed by atoms with Crippen molar-refractivity contribution in [2.75, 3.05) is 13.1 Å².